The molecule has 0 aliphatic heterocycles. The van der Waals surface area contributed by atoms with Crippen molar-refractivity contribution in [2.45, 2.75) is 45.3 Å². The summed E-state index contributed by atoms with van der Waals surface area (Å²) in [7, 11) is -3.97. The minimum Gasteiger partial charge on any atom is -0.352 e. The van der Waals surface area contributed by atoms with Crippen LogP contribution in [0.25, 0.3) is 0 Å². The molecule has 0 saturated heterocycles. The van der Waals surface area contributed by atoms with Gasteiger partial charge in [0.1, 0.15) is 12.6 Å². The van der Waals surface area contributed by atoms with Gasteiger partial charge < -0.3 is 10.2 Å². The third-order valence-corrected chi connectivity index (χ3v) is 8.56. The van der Waals surface area contributed by atoms with Gasteiger partial charge in [0.05, 0.1) is 22.0 Å². The SMILES string of the molecule is CC[C@H](C)NC(=O)[C@H](Cc1ccccc1)N(Cc1cccc(Cl)c1)C(=O)CN(c1cccc(Cl)c1Cl)S(C)(=O)=O. The van der Waals surface area contributed by atoms with Crippen molar-refractivity contribution in [1.82, 2.24) is 10.2 Å². The van der Waals surface area contributed by atoms with Crippen LogP contribution in [0.1, 0.15) is 31.4 Å². The number of rotatable bonds is 12. The minimum atomic E-state index is -3.97. The highest BCUT2D eigenvalue weighted by molar-refractivity contribution is 7.92. The molecule has 0 aliphatic rings. The Morgan fingerprint density at radius 2 is 1.57 bits per heavy atom. The molecule has 2 amide bonds. The van der Waals surface area contributed by atoms with E-state index >= 15 is 0 Å². The zero-order valence-electron chi connectivity index (χ0n) is 22.5. The fourth-order valence-corrected chi connectivity index (χ4v) is 5.62. The van der Waals surface area contributed by atoms with Gasteiger partial charge in [-0.1, -0.05) is 90.3 Å². The van der Waals surface area contributed by atoms with Crippen LogP contribution >= 0.6 is 34.8 Å². The topological polar surface area (TPSA) is 86.8 Å². The van der Waals surface area contributed by atoms with Crippen molar-refractivity contribution in [2.24, 2.45) is 0 Å². The first-order chi connectivity index (χ1) is 18.9. The molecule has 3 rings (SSSR count). The first-order valence-corrected chi connectivity index (χ1v) is 15.7. The molecule has 0 fully saturated rings. The summed E-state index contributed by atoms with van der Waals surface area (Å²) in [6.45, 7) is 3.25. The molecule has 0 aliphatic carbocycles. The van der Waals surface area contributed by atoms with Crippen molar-refractivity contribution in [3.05, 3.63) is 99.0 Å². The molecule has 0 spiro atoms. The van der Waals surface area contributed by atoms with Crippen molar-refractivity contribution >= 4 is 62.3 Å². The van der Waals surface area contributed by atoms with E-state index in [9.17, 15) is 18.0 Å². The van der Waals surface area contributed by atoms with E-state index in [1.165, 1.54) is 17.0 Å². The number of hydrogen-bond donors (Lipinski definition) is 1. The summed E-state index contributed by atoms with van der Waals surface area (Å²) in [4.78, 5) is 29.1. The monoisotopic (exact) mass is 623 g/mol. The molecular formula is C29H32Cl3N3O4S. The van der Waals surface area contributed by atoms with Crippen LogP contribution in [0.5, 0.6) is 0 Å². The lowest BCUT2D eigenvalue weighted by Gasteiger charge is -2.34. The number of nitrogens with zero attached hydrogens (tertiary/aromatic N) is 2. The van der Waals surface area contributed by atoms with Gasteiger partial charge in [0, 0.05) is 24.0 Å². The van der Waals surface area contributed by atoms with Gasteiger partial charge in [-0.25, -0.2) is 8.42 Å². The predicted molar refractivity (Wildman–Crippen MR) is 162 cm³/mol. The molecule has 214 valence electrons. The van der Waals surface area contributed by atoms with E-state index < -0.39 is 28.5 Å². The predicted octanol–water partition coefficient (Wildman–Crippen LogP) is 5.97. The molecule has 0 aromatic heterocycles. The average molecular weight is 625 g/mol. The Bertz CT molecular complexity index is 1440. The fourth-order valence-electron chi connectivity index (χ4n) is 4.11. The van der Waals surface area contributed by atoms with Gasteiger partial charge in [0.25, 0.3) is 0 Å². The van der Waals surface area contributed by atoms with Crippen LogP contribution in [0.15, 0.2) is 72.8 Å². The standard InChI is InChI=1S/C29H32Cl3N3O4S/c1-4-20(2)33-29(37)26(17-21-10-6-5-7-11-21)34(18-22-12-8-13-23(30)16-22)27(36)19-35(40(3,38)39)25-15-9-14-24(31)28(25)32/h5-16,20,26H,4,17-19H2,1-3H3,(H,33,37)/t20-,26-/m0/s1. The Labute approximate surface area is 251 Å². The molecule has 0 saturated carbocycles. The van der Waals surface area contributed by atoms with Gasteiger partial charge in [-0.05, 0) is 48.7 Å². The Morgan fingerprint density at radius 3 is 2.20 bits per heavy atom. The van der Waals surface area contributed by atoms with E-state index in [-0.39, 0.29) is 40.6 Å². The second-order valence-corrected chi connectivity index (χ2v) is 12.6. The van der Waals surface area contributed by atoms with Gasteiger partial charge >= 0.3 is 0 Å². The quantitative estimate of drug-likeness (QED) is 0.269. The van der Waals surface area contributed by atoms with Crippen LogP contribution in [0, 0.1) is 0 Å². The second-order valence-electron chi connectivity index (χ2n) is 9.52. The minimum absolute atomic E-state index is 0.000804. The molecule has 3 aromatic carbocycles. The fraction of sp³-hybridized carbons (Fsp3) is 0.310. The lowest BCUT2D eigenvalue weighted by molar-refractivity contribution is -0.140. The van der Waals surface area contributed by atoms with Gasteiger partial charge in [0.2, 0.25) is 21.8 Å². The van der Waals surface area contributed by atoms with E-state index in [2.05, 4.69) is 5.32 Å². The van der Waals surface area contributed by atoms with E-state index in [1.807, 2.05) is 44.2 Å². The molecule has 0 radical (unpaired) electrons. The number of carbonyl (C=O) groups is 2. The van der Waals surface area contributed by atoms with Crippen LogP contribution in [0.4, 0.5) is 5.69 Å². The summed E-state index contributed by atoms with van der Waals surface area (Å²) in [5.41, 5.74) is 1.59. The summed E-state index contributed by atoms with van der Waals surface area (Å²) in [5, 5.41) is 3.60. The van der Waals surface area contributed by atoms with E-state index in [4.69, 9.17) is 34.8 Å². The van der Waals surface area contributed by atoms with Crippen molar-refractivity contribution in [3.8, 4) is 0 Å². The van der Waals surface area contributed by atoms with Crippen molar-refractivity contribution in [1.29, 1.82) is 0 Å². The normalized spacial score (nSPS) is 12.8. The van der Waals surface area contributed by atoms with Crippen LogP contribution < -0.4 is 9.62 Å². The van der Waals surface area contributed by atoms with Gasteiger partial charge in [-0.2, -0.15) is 0 Å². The lowest BCUT2D eigenvalue weighted by Crippen LogP contribution is -2.54. The van der Waals surface area contributed by atoms with Crippen LogP contribution in [0.2, 0.25) is 15.1 Å². The molecule has 7 nitrogen and oxygen atoms in total. The van der Waals surface area contributed by atoms with Crippen LogP contribution in [-0.4, -0.2) is 50.0 Å². The zero-order chi connectivity index (χ0) is 29.4. The third kappa shape index (κ3) is 8.61. The number of carbonyl (C=O) groups excluding carboxylic acids is 2. The van der Waals surface area contributed by atoms with E-state index in [0.29, 0.717) is 17.0 Å². The summed E-state index contributed by atoms with van der Waals surface area (Å²) >= 11 is 18.7. The molecule has 0 heterocycles. The van der Waals surface area contributed by atoms with E-state index in [1.54, 1.807) is 30.3 Å². The van der Waals surface area contributed by atoms with Crippen molar-refractivity contribution in [3.63, 3.8) is 0 Å². The number of halogens is 3. The van der Waals surface area contributed by atoms with Gasteiger partial charge in [-0.3, -0.25) is 13.9 Å². The first kappa shape index (κ1) is 31.7. The number of amides is 2. The lowest BCUT2D eigenvalue weighted by atomic mass is 10.0. The number of benzene rings is 3. The highest BCUT2D eigenvalue weighted by atomic mass is 35.5. The van der Waals surface area contributed by atoms with Crippen LogP contribution in [0.3, 0.4) is 0 Å². The highest BCUT2D eigenvalue weighted by Gasteiger charge is 2.34. The molecule has 1 N–H and O–H groups in total. The molecule has 2 atom stereocenters. The smallest absolute Gasteiger partial charge is 0.244 e. The van der Waals surface area contributed by atoms with E-state index in [0.717, 1.165) is 16.1 Å². The maximum Gasteiger partial charge on any atom is 0.244 e. The van der Waals surface area contributed by atoms with Gasteiger partial charge in [0.15, 0.2) is 0 Å². The summed E-state index contributed by atoms with van der Waals surface area (Å²) in [5.74, 6) is -0.943. The molecule has 0 unspecified atom stereocenters. The average Bonchev–Trinajstić information content (AvgIpc) is 2.90. The third-order valence-electron chi connectivity index (χ3n) is 6.39. The molecule has 3 aromatic rings. The maximum atomic E-state index is 14.1. The first-order valence-electron chi connectivity index (χ1n) is 12.7. The van der Waals surface area contributed by atoms with Crippen molar-refractivity contribution < 1.29 is 18.0 Å². The van der Waals surface area contributed by atoms with Gasteiger partial charge in [-0.15, -0.1) is 0 Å². The molecular weight excluding hydrogens is 593 g/mol. The number of anilines is 1. The Morgan fingerprint density at radius 1 is 0.925 bits per heavy atom. The number of hydrogen-bond acceptors (Lipinski definition) is 4. The maximum absolute atomic E-state index is 14.1. The Kier molecular flexibility index (Phi) is 11.3. The second kappa shape index (κ2) is 14.2. The zero-order valence-corrected chi connectivity index (χ0v) is 25.6. The summed E-state index contributed by atoms with van der Waals surface area (Å²) < 4.78 is 26.7. The summed E-state index contributed by atoms with van der Waals surface area (Å²) in [6.07, 6.45) is 1.89. The molecule has 0 bridgehead atoms. The van der Waals surface area contributed by atoms with Crippen LogP contribution in [-0.2, 0) is 32.6 Å². The van der Waals surface area contributed by atoms with Crippen molar-refractivity contribution in [2.75, 3.05) is 17.1 Å². The molecule has 11 heteroatoms. The Hall–Kier alpha value is -2.78. The molecule has 40 heavy (non-hydrogen) atoms. The number of nitrogens with one attached hydrogen (secondary N) is 1. The highest BCUT2D eigenvalue weighted by Crippen LogP contribution is 2.34. The summed E-state index contributed by atoms with van der Waals surface area (Å²) in [6, 6.07) is 19.8. The largest absolute Gasteiger partial charge is 0.352 e. The Balaban J connectivity index is 2.09. The number of sulfonamides is 1.